The van der Waals surface area contributed by atoms with Crippen LogP contribution in [0.3, 0.4) is 0 Å². The number of nitrogens with two attached hydrogens (primary N) is 6. The van der Waals surface area contributed by atoms with Crippen LogP contribution >= 0.6 is 0 Å². The molecule has 0 bridgehead atoms. The molecule has 1 aromatic heterocycles. The standard InChI is InChI=1S/C48H69N17O10/c1-26(66)59-32(14-8-20-56-47(51)52)41(70)61-33-15-7-19-55-39(68)18-17-31(40(50)69)60-45(74)36(23-28-25-58-30-13-6-5-12-29(28)30)64-42(71)34(16-9-21-57-48(53)54)62-44(73)35(22-27-10-3-2-4-11-27)63-46(75)37(24-38(49)67)65-43(33)72/h2-6,10-13,25,31-37,58H,7-9,14-24H2,1H3,(H2,49,67)(H2,50,69)(H,55,68)(H,59,66)(H,60,74)(H,61,70)(H,62,73)(H,63,75)(H,64,71)(H,65,72)(H4,51,52,56)(H4,53,54,57)/t31?,32?,33?,34-,35?,36-,37-/m0/s1. The molecule has 1 fully saturated rings. The Bertz CT molecular complexity index is 2560. The molecule has 406 valence electrons. The highest BCUT2D eigenvalue weighted by Gasteiger charge is 2.35. The quantitative estimate of drug-likeness (QED) is 0.0325. The molecule has 27 nitrogen and oxygen atoms in total. The number of aliphatic imine (C=N–C) groups is 2. The predicted octanol–water partition coefficient (Wildman–Crippen LogP) is -4.48. The molecule has 10 amide bonds. The van der Waals surface area contributed by atoms with E-state index in [0.29, 0.717) is 11.1 Å². The van der Waals surface area contributed by atoms with E-state index < -0.39 is 108 Å². The zero-order valence-electron chi connectivity index (χ0n) is 41.7. The average molecular weight is 1040 g/mol. The van der Waals surface area contributed by atoms with Crippen LogP contribution in [0, 0.1) is 0 Å². The number of benzene rings is 2. The van der Waals surface area contributed by atoms with Crippen LogP contribution in [-0.4, -0.2) is 138 Å². The molecule has 0 radical (unpaired) electrons. The first-order valence-electron chi connectivity index (χ1n) is 24.3. The summed E-state index contributed by atoms with van der Waals surface area (Å²) in [5.74, 6) is -9.09. The van der Waals surface area contributed by atoms with Gasteiger partial charge in [-0.15, -0.1) is 0 Å². The Hall–Kier alpha value is -8.78. The van der Waals surface area contributed by atoms with E-state index in [1.54, 1.807) is 54.7 Å². The maximum Gasteiger partial charge on any atom is 0.243 e. The first-order chi connectivity index (χ1) is 35.7. The average Bonchev–Trinajstić information content (AvgIpc) is 3.76. The fraction of sp³-hybridized carbons (Fsp3) is 0.458. The Kier molecular flexibility index (Phi) is 23.3. The van der Waals surface area contributed by atoms with Crippen molar-refractivity contribution in [1.29, 1.82) is 0 Å². The van der Waals surface area contributed by atoms with E-state index in [1.807, 2.05) is 6.07 Å². The van der Waals surface area contributed by atoms with E-state index in [-0.39, 0.29) is 95.8 Å². The monoisotopic (exact) mass is 1040 g/mol. The summed E-state index contributed by atoms with van der Waals surface area (Å²) >= 11 is 0. The number of primary amides is 2. The van der Waals surface area contributed by atoms with Gasteiger partial charge in [0.15, 0.2) is 11.9 Å². The molecule has 1 saturated heterocycles. The van der Waals surface area contributed by atoms with Gasteiger partial charge in [-0.3, -0.25) is 57.9 Å². The molecule has 0 saturated carbocycles. The molecule has 1 aliphatic rings. The largest absolute Gasteiger partial charge is 0.370 e. The second-order valence-corrected chi connectivity index (χ2v) is 17.9. The number of nitrogens with zero attached hydrogens (tertiary/aromatic N) is 2. The number of carbonyl (C=O) groups is 10. The van der Waals surface area contributed by atoms with Crippen molar-refractivity contribution in [2.45, 2.75) is 120 Å². The SMILES string of the molecule is CC(=O)NC(CCCN=C(N)N)C(=O)NC1CCCNC(=O)CCC(C(N)=O)NC(=O)[C@H](Cc2c[nH]c3ccccc23)NC(=O)[C@H](CCCN=C(N)N)NC(=O)C(Cc2ccccc2)NC(=O)[C@H](CC(N)=O)NC1=O. The van der Waals surface area contributed by atoms with E-state index in [2.05, 4.69) is 57.5 Å². The van der Waals surface area contributed by atoms with Gasteiger partial charge >= 0.3 is 0 Å². The summed E-state index contributed by atoms with van der Waals surface area (Å²) in [7, 11) is 0. The van der Waals surface area contributed by atoms with Crippen molar-refractivity contribution in [3.63, 3.8) is 0 Å². The first kappa shape index (κ1) is 58.8. The van der Waals surface area contributed by atoms with Crippen LogP contribution in [0.5, 0.6) is 0 Å². The number of para-hydroxylation sites is 1. The number of hydrogen-bond donors (Lipinski definition) is 15. The van der Waals surface area contributed by atoms with Gasteiger partial charge < -0.3 is 81.9 Å². The van der Waals surface area contributed by atoms with Crippen LogP contribution in [0.1, 0.15) is 75.8 Å². The van der Waals surface area contributed by atoms with Gasteiger partial charge in [-0.2, -0.15) is 0 Å². The summed E-state index contributed by atoms with van der Waals surface area (Å²) in [6.45, 7) is 1.21. The summed E-state index contributed by atoms with van der Waals surface area (Å²) in [6, 6.07) is 5.48. The number of hydrogen-bond acceptors (Lipinski definition) is 12. The number of fused-ring (bicyclic) bond motifs is 1. The highest BCUT2D eigenvalue weighted by Crippen LogP contribution is 2.20. The fourth-order valence-electron chi connectivity index (χ4n) is 8.08. The summed E-state index contributed by atoms with van der Waals surface area (Å²) in [4.78, 5) is 147. The molecule has 21 N–H and O–H groups in total. The van der Waals surface area contributed by atoms with Crippen molar-refractivity contribution in [3.05, 3.63) is 71.9 Å². The Balaban J connectivity index is 1.77. The molecule has 0 aliphatic carbocycles. The molecule has 0 spiro atoms. The van der Waals surface area contributed by atoms with Crippen LogP contribution in [-0.2, 0) is 60.8 Å². The number of aromatic nitrogens is 1. The van der Waals surface area contributed by atoms with Gasteiger partial charge in [-0.1, -0.05) is 48.5 Å². The van der Waals surface area contributed by atoms with Crippen LogP contribution in [0.15, 0.2) is 70.8 Å². The van der Waals surface area contributed by atoms with Crippen LogP contribution in [0.25, 0.3) is 10.9 Å². The normalized spacial score (nSPS) is 21.0. The molecule has 4 rings (SSSR count). The van der Waals surface area contributed by atoms with Gasteiger partial charge in [-0.05, 0) is 62.1 Å². The van der Waals surface area contributed by atoms with Crippen LogP contribution in [0.2, 0.25) is 0 Å². The Labute approximate surface area is 432 Å². The molecule has 3 aromatic rings. The minimum absolute atomic E-state index is 0.0164. The predicted molar refractivity (Wildman–Crippen MR) is 276 cm³/mol. The van der Waals surface area contributed by atoms with E-state index in [4.69, 9.17) is 34.4 Å². The topological polar surface area (TPSA) is 464 Å². The minimum Gasteiger partial charge on any atom is -0.370 e. The number of rotatable bonds is 18. The maximum atomic E-state index is 14.6. The van der Waals surface area contributed by atoms with E-state index in [9.17, 15) is 47.9 Å². The van der Waals surface area contributed by atoms with Crippen molar-refractivity contribution in [3.8, 4) is 0 Å². The summed E-state index contributed by atoms with van der Waals surface area (Å²) in [6.07, 6.45) is 0.0408. The molecule has 4 unspecified atom stereocenters. The van der Waals surface area contributed by atoms with Gasteiger partial charge in [0.05, 0.1) is 6.42 Å². The van der Waals surface area contributed by atoms with Gasteiger partial charge in [0.2, 0.25) is 59.1 Å². The van der Waals surface area contributed by atoms with Crippen LogP contribution < -0.4 is 76.9 Å². The minimum atomic E-state index is -1.74. The second kappa shape index (κ2) is 29.7. The van der Waals surface area contributed by atoms with E-state index >= 15 is 0 Å². The number of guanidine groups is 2. The van der Waals surface area contributed by atoms with Crippen molar-refractivity contribution in [2.24, 2.45) is 44.4 Å². The Morgan fingerprint density at radius 1 is 0.680 bits per heavy atom. The lowest BCUT2D eigenvalue weighted by Crippen LogP contribution is -2.60. The third kappa shape index (κ3) is 20.3. The molecule has 27 heteroatoms. The third-order valence-corrected chi connectivity index (χ3v) is 11.8. The molecular weight excluding hydrogens is 975 g/mol. The summed E-state index contributed by atoms with van der Waals surface area (Å²) in [5, 5.41) is 21.5. The first-order valence-corrected chi connectivity index (χ1v) is 24.3. The zero-order valence-corrected chi connectivity index (χ0v) is 41.7. The zero-order chi connectivity index (χ0) is 55.0. The summed E-state index contributed by atoms with van der Waals surface area (Å²) < 4.78 is 0. The van der Waals surface area contributed by atoms with Gasteiger partial charge in [-0.25, -0.2) is 0 Å². The molecule has 75 heavy (non-hydrogen) atoms. The van der Waals surface area contributed by atoms with Gasteiger partial charge in [0.25, 0.3) is 0 Å². The van der Waals surface area contributed by atoms with Crippen molar-refractivity contribution >= 4 is 81.9 Å². The molecule has 7 atom stereocenters. The smallest absolute Gasteiger partial charge is 0.243 e. The molecular formula is C48H69N17O10. The van der Waals surface area contributed by atoms with Crippen molar-refractivity contribution in [1.82, 2.24) is 47.5 Å². The lowest BCUT2D eigenvalue weighted by Gasteiger charge is -2.28. The fourth-order valence-corrected chi connectivity index (χ4v) is 8.08. The van der Waals surface area contributed by atoms with Crippen molar-refractivity contribution < 1.29 is 47.9 Å². The highest BCUT2D eigenvalue weighted by atomic mass is 16.2. The summed E-state index contributed by atoms with van der Waals surface area (Å²) in [5.41, 5.74) is 35.1. The molecule has 2 aromatic carbocycles. The lowest BCUT2D eigenvalue weighted by atomic mass is 10.0. The molecule has 2 heterocycles. The third-order valence-electron chi connectivity index (χ3n) is 11.8. The lowest BCUT2D eigenvalue weighted by molar-refractivity contribution is -0.136. The number of amides is 10. The number of H-pyrrole nitrogens is 1. The van der Waals surface area contributed by atoms with E-state index in [0.717, 1.165) is 10.9 Å². The molecule has 1 aliphatic heterocycles. The number of carbonyl (C=O) groups excluding carboxylic acids is 10. The van der Waals surface area contributed by atoms with Gasteiger partial charge in [0, 0.05) is 62.9 Å². The number of nitrogens with one attached hydrogen (secondary N) is 9. The maximum absolute atomic E-state index is 14.6. The van der Waals surface area contributed by atoms with Crippen LogP contribution in [0.4, 0.5) is 0 Å². The Morgan fingerprint density at radius 3 is 1.92 bits per heavy atom. The van der Waals surface area contributed by atoms with Gasteiger partial charge in [0.1, 0.15) is 42.3 Å². The highest BCUT2D eigenvalue weighted by molar-refractivity contribution is 5.99. The van der Waals surface area contributed by atoms with Crippen molar-refractivity contribution in [2.75, 3.05) is 19.6 Å². The van der Waals surface area contributed by atoms with E-state index in [1.165, 1.54) is 6.92 Å². The number of aromatic amines is 1. The Morgan fingerprint density at radius 2 is 1.27 bits per heavy atom. The second-order valence-electron chi connectivity index (χ2n) is 17.9.